The second kappa shape index (κ2) is 9.00. The van der Waals surface area contributed by atoms with Crippen molar-refractivity contribution in [2.45, 2.75) is 5.75 Å². The Morgan fingerprint density at radius 1 is 1.11 bits per heavy atom. The predicted molar refractivity (Wildman–Crippen MR) is 102 cm³/mol. The molecule has 0 fully saturated rings. The summed E-state index contributed by atoms with van der Waals surface area (Å²) in [7, 11) is 1.30. The van der Waals surface area contributed by atoms with Crippen molar-refractivity contribution in [1.29, 1.82) is 0 Å². The maximum absolute atomic E-state index is 12.1. The van der Waals surface area contributed by atoms with E-state index in [9.17, 15) is 9.59 Å². The monoisotopic (exact) mass is 383 g/mol. The van der Waals surface area contributed by atoms with Crippen LogP contribution in [0.15, 0.2) is 59.1 Å². The van der Waals surface area contributed by atoms with Crippen molar-refractivity contribution in [2.24, 2.45) is 0 Å². The van der Waals surface area contributed by atoms with Gasteiger partial charge in [0, 0.05) is 5.56 Å². The van der Waals surface area contributed by atoms with Crippen LogP contribution in [0.5, 0.6) is 0 Å². The van der Waals surface area contributed by atoms with Crippen LogP contribution >= 0.6 is 11.8 Å². The van der Waals surface area contributed by atoms with E-state index < -0.39 is 5.97 Å². The normalized spacial score (nSPS) is 10.4. The molecule has 1 amide bonds. The molecule has 0 saturated carbocycles. The van der Waals surface area contributed by atoms with Gasteiger partial charge in [0.05, 0.1) is 29.9 Å². The summed E-state index contributed by atoms with van der Waals surface area (Å²) in [4.78, 5) is 28.2. The molecule has 138 valence electrons. The molecule has 0 aliphatic heterocycles. The van der Waals surface area contributed by atoms with Gasteiger partial charge in [-0.05, 0) is 12.1 Å². The second-order valence-corrected chi connectivity index (χ2v) is 6.44. The first-order valence-corrected chi connectivity index (χ1v) is 9.26. The summed E-state index contributed by atoms with van der Waals surface area (Å²) in [5.74, 6) is 0.811. The van der Waals surface area contributed by atoms with Gasteiger partial charge in [-0.2, -0.15) is 4.98 Å². The molecule has 1 N–H and O–H groups in total. The average molecular weight is 383 g/mol. The zero-order chi connectivity index (χ0) is 19.1. The van der Waals surface area contributed by atoms with Gasteiger partial charge in [0.25, 0.3) is 0 Å². The van der Waals surface area contributed by atoms with Crippen molar-refractivity contribution in [2.75, 3.05) is 18.2 Å². The standard InChI is InChI=1S/C19H17N3O4S/c1-25-19(24)14-9-5-6-10-15(14)20-16(23)11-27-12-17-21-18(22-26-17)13-7-3-2-4-8-13/h2-10H,11-12H2,1H3,(H,20,23). The van der Waals surface area contributed by atoms with E-state index >= 15 is 0 Å². The van der Waals surface area contributed by atoms with Crippen molar-refractivity contribution in [3.8, 4) is 11.4 Å². The smallest absolute Gasteiger partial charge is 0.339 e. The second-order valence-electron chi connectivity index (χ2n) is 5.46. The van der Waals surface area contributed by atoms with Gasteiger partial charge in [-0.25, -0.2) is 4.79 Å². The molecule has 2 aromatic carbocycles. The number of amides is 1. The van der Waals surface area contributed by atoms with Crippen LogP contribution in [0.2, 0.25) is 0 Å². The lowest BCUT2D eigenvalue weighted by molar-refractivity contribution is -0.113. The van der Waals surface area contributed by atoms with Crippen molar-refractivity contribution in [3.05, 3.63) is 66.1 Å². The van der Waals surface area contributed by atoms with Gasteiger partial charge < -0.3 is 14.6 Å². The zero-order valence-corrected chi connectivity index (χ0v) is 15.4. The Hall–Kier alpha value is -3.13. The highest BCUT2D eigenvalue weighted by Crippen LogP contribution is 2.19. The molecule has 27 heavy (non-hydrogen) atoms. The minimum atomic E-state index is -0.502. The van der Waals surface area contributed by atoms with Crippen LogP contribution in [0.4, 0.5) is 5.69 Å². The van der Waals surface area contributed by atoms with Crippen molar-refractivity contribution >= 4 is 29.3 Å². The number of rotatable bonds is 7. The first-order valence-electron chi connectivity index (χ1n) is 8.10. The first-order chi connectivity index (χ1) is 13.2. The molecule has 0 spiro atoms. The van der Waals surface area contributed by atoms with E-state index in [-0.39, 0.29) is 11.7 Å². The lowest BCUT2D eigenvalue weighted by Crippen LogP contribution is -2.17. The van der Waals surface area contributed by atoms with E-state index in [1.807, 2.05) is 30.3 Å². The molecule has 0 saturated heterocycles. The van der Waals surface area contributed by atoms with Gasteiger partial charge in [0.2, 0.25) is 17.6 Å². The SMILES string of the molecule is COC(=O)c1ccccc1NC(=O)CSCc1nc(-c2ccccc2)no1. The minimum absolute atomic E-state index is 0.179. The third-order valence-corrected chi connectivity index (χ3v) is 4.48. The molecule has 0 radical (unpaired) electrons. The molecule has 0 atom stereocenters. The van der Waals surface area contributed by atoms with Gasteiger partial charge in [-0.1, -0.05) is 47.6 Å². The highest BCUT2D eigenvalue weighted by atomic mass is 32.2. The maximum Gasteiger partial charge on any atom is 0.339 e. The molecule has 0 bridgehead atoms. The highest BCUT2D eigenvalue weighted by Gasteiger charge is 2.14. The third-order valence-electron chi connectivity index (χ3n) is 3.57. The number of nitrogens with zero attached hydrogens (tertiary/aromatic N) is 2. The summed E-state index contributed by atoms with van der Waals surface area (Å²) in [5.41, 5.74) is 1.59. The Kier molecular flexibility index (Phi) is 6.22. The number of hydrogen-bond donors (Lipinski definition) is 1. The topological polar surface area (TPSA) is 94.3 Å². The number of carbonyl (C=O) groups excluding carboxylic acids is 2. The molecule has 3 aromatic rings. The van der Waals surface area contributed by atoms with Crippen LogP contribution in [0.25, 0.3) is 11.4 Å². The number of methoxy groups -OCH3 is 1. The van der Waals surface area contributed by atoms with Gasteiger partial charge in [0.1, 0.15) is 0 Å². The fourth-order valence-corrected chi connectivity index (χ4v) is 2.97. The van der Waals surface area contributed by atoms with E-state index in [0.717, 1.165) is 5.56 Å². The molecule has 3 rings (SSSR count). The molecule has 0 aliphatic carbocycles. The number of anilines is 1. The number of nitrogens with one attached hydrogen (secondary N) is 1. The fourth-order valence-electron chi connectivity index (χ4n) is 2.32. The van der Waals surface area contributed by atoms with E-state index in [1.54, 1.807) is 24.3 Å². The summed E-state index contributed by atoms with van der Waals surface area (Å²) in [6, 6.07) is 16.2. The van der Waals surface area contributed by atoms with Crippen molar-refractivity contribution in [1.82, 2.24) is 10.1 Å². The molecule has 0 unspecified atom stereocenters. The van der Waals surface area contributed by atoms with E-state index in [0.29, 0.717) is 28.7 Å². The lowest BCUT2D eigenvalue weighted by atomic mass is 10.2. The van der Waals surface area contributed by atoms with E-state index in [2.05, 4.69) is 15.5 Å². The Morgan fingerprint density at radius 2 is 1.85 bits per heavy atom. The molecular weight excluding hydrogens is 366 g/mol. The number of ether oxygens (including phenoxy) is 1. The number of carbonyl (C=O) groups is 2. The molecular formula is C19H17N3O4S. The van der Waals surface area contributed by atoms with Crippen LogP contribution in [0, 0.1) is 0 Å². The molecule has 0 aliphatic rings. The van der Waals surface area contributed by atoms with Crippen molar-refractivity contribution in [3.63, 3.8) is 0 Å². The number of hydrogen-bond acceptors (Lipinski definition) is 7. The number of thioether (sulfide) groups is 1. The molecule has 1 heterocycles. The Labute approximate surface area is 160 Å². The minimum Gasteiger partial charge on any atom is -0.465 e. The Balaban J connectivity index is 1.52. The largest absolute Gasteiger partial charge is 0.465 e. The molecule has 7 nitrogen and oxygen atoms in total. The van der Waals surface area contributed by atoms with Gasteiger partial charge in [0.15, 0.2) is 0 Å². The van der Waals surface area contributed by atoms with Crippen molar-refractivity contribution < 1.29 is 18.8 Å². The third kappa shape index (κ3) is 4.95. The number of benzene rings is 2. The summed E-state index contributed by atoms with van der Waals surface area (Å²) in [6.45, 7) is 0. The molecule has 1 aromatic heterocycles. The average Bonchev–Trinajstić information content (AvgIpc) is 3.17. The summed E-state index contributed by atoms with van der Waals surface area (Å²) in [6.07, 6.45) is 0. The zero-order valence-electron chi connectivity index (χ0n) is 14.5. The van der Waals surface area contributed by atoms with Gasteiger partial charge in [-0.15, -0.1) is 11.8 Å². The van der Waals surface area contributed by atoms with Gasteiger partial charge in [-0.3, -0.25) is 4.79 Å². The van der Waals surface area contributed by atoms with Crippen LogP contribution < -0.4 is 5.32 Å². The first kappa shape index (κ1) is 18.7. The van der Waals surface area contributed by atoms with E-state index in [4.69, 9.17) is 9.26 Å². The Morgan fingerprint density at radius 3 is 2.63 bits per heavy atom. The maximum atomic E-state index is 12.1. The number of esters is 1. The van der Waals surface area contributed by atoms with E-state index in [1.165, 1.54) is 18.9 Å². The number of aromatic nitrogens is 2. The summed E-state index contributed by atoms with van der Waals surface area (Å²) < 4.78 is 9.92. The highest BCUT2D eigenvalue weighted by molar-refractivity contribution is 7.99. The fraction of sp³-hybridized carbons (Fsp3) is 0.158. The van der Waals surface area contributed by atoms with Crippen LogP contribution in [-0.2, 0) is 15.3 Å². The summed E-state index contributed by atoms with van der Waals surface area (Å²) >= 11 is 1.34. The van der Waals surface area contributed by atoms with Crippen LogP contribution in [0.3, 0.4) is 0 Å². The van der Waals surface area contributed by atoms with Crippen LogP contribution in [0.1, 0.15) is 16.2 Å². The number of para-hydroxylation sites is 1. The Bertz CT molecular complexity index is 927. The van der Waals surface area contributed by atoms with Gasteiger partial charge >= 0.3 is 5.97 Å². The van der Waals surface area contributed by atoms with Crippen LogP contribution in [-0.4, -0.2) is 34.9 Å². The summed E-state index contributed by atoms with van der Waals surface area (Å²) in [5, 5.41) is 6.66. The quantitative estimate of drug-likeness (QED) is 0.625. The molecule has 8 heteroatoms. The lowest BCUT2D eigenvalue weighted by Gasteiger charge is -2.09. The predicted octanol–water partition coefficient (Wildman–Crippen LogP) is 3.40.